The summed E-state index contributed by atoms with van der Waals surface area (Å²) in [7, 11) is 0. The molecule has 4 heteroatoms. The van der Waals surface area contributed by atoms with E-state index in [-0.39, 0.29) is 18.2 Å². The van der Waals surface area contributed by atoms with Crippen LogP contribution in [-0.4, -0.2) is 30.4 Å². The number of aryl methyl sites for hydroxylation is 1. The maximum atomic E-state index is 5.41. The Balaban J connectivity index is 1.23. The fraction of sp³-hybridized carbons (Fsp3) is 0.282. The molecule has 4 nitrogen and oxygen atoms in total. The van der Waals surface area contributed by atoms with Gasteiger partial charge in [-0.2, -0.15) is 0 Å². The molecule has 6 aliphatic rings. The molecule has 1 N–H and O–H groups in total. The van der Waals surface area contributed by atoms with Crippen LogP contribution in [-0.2, 0) is 6.42 Å². The summed E-state index contributed by atoms with van der Waals surface area (Å²) in [5.41, 5.74) is 10.3. The molecule has 2 aromatic rings. The normalized spacial score (nSPS) is 26.2. The Hall–Kier alpha value is -4.28. The first kappa shape index (κ1) is 26.4. The monoisotopic (exact) mass is 561 g/mol. The van der Waals surface area contributed by atoms with Gasteiger partial charge in [0, 0.05) is 5.57 Å². The van der Waals surface area contributed by atoms with E-state index in [0.717, 1.165) is 63.0 Å². The van der Waals surface area contributed by atoms with E-state index in [9.17, 15) is 0 Å². The van der Waals surface area contributed by atoms with Crippen molar-refractivity contribution in [3.05, 3.63) is 136 Å². The molecular formula is C39H37N4-. The maximum Gasteiger partial charge on any atom is 0.125 e. The molecule has 0 spiro atoms. The van der Waals surface area contributed by atoms with Gasteiger partial charge in [-0.15, -0.1) is 0 Å². The van der Waals surface area contributed by atoms with Gasteiger partial charge in [0.2, 0.25) is 0 Å². The summed E-state index contributed by atoms with van der Waals surface area (Å²) in [6.45, 7) is 0.762. The zero-order chi connectivity index (χ0) is 28.6. The van der Waals surface area contributed by atoms with Crippen molar-refractivity contribution in [2.45, 2.75) is 57.3 Å². The summed E-state index contributed by atoms with van der Waals surface area (Å²) in [6, 6.07) is 11.4. The number of aliphatic imine (C=N–C) groups is 2. The van der Waals surface area contributed by atoms with Crippen LogP contribution in [0.2, 0.25) is 0 Å². The largest absolute Gasteiger partial charge is 0.616 e. The van der Waals surface area contributed by atoms with Crippen LogP contribution in [0.4, 0.5) is 0 Å². The number of benzene rings is 2. The molecular weight excluding hydrogens is 524 g/mol. The van der Waals surface area contributed by atoms with Gasteiger partial charge in [-0.1, -0.05) is 96.8 Å². The van der Waals surface area contributed by atoms with Gasteiger partial charge in [0.25, 0.3) is 0 Å². The molecule has 2 aromatic carbocycles. The Kier molecular flexibility index (Phi) is 7.00. The Morgan fingerprint density at radius 1 is 0.860 bits per heavy atom. The molecule has 0 radical (unpaired) electrons. The van der Waals surface area contributed by atoms with E-state index in [1.165, 1.54) is 49.8 Å². The molecule has 2 heterocycles. The van der Waals surface area contributed by atoms with E-state index >= 15 is 0 Å². The van der Waals surface area contributed by atoms with Crippen LogP contribution in [0.1, 0.15) is 55.2 Å². The van der Waals surface area contributed by atoms with Crippen molar-refractivity contribution in [1.82, 2.24) is 5.32 Å². The maximum absolute atomic E-state index is 5.41. The number of rotatable bonds is 5. The fourth-order valence-corrected chi connectivity index (χ4v) is 7.20. The highest BCUT2D eigenvalue weighted by atomic mass is 15.3. The number of fused-ring (bicyclic) bond motifs is 3. The molecule has 2 aliphatic heterocycles. The van der Waals surface area contributed by atoms with Crippen LogP contribution in [0.5, 0.6) is 0 Å². The molecule has 0 saturated heterocycles. The minimum Gasteiger partial charge on any atom is -0.616 e. The predicted molar refractivity (Wildman–Crippen MR) is 181 cm³/mol. The average Bonchev–Trinajstić information content (AvgIpc) is 3.64. The van der Waals surface area contributed by atoms with Crippen molar-refractivity contribution in [3.63, 3.8) is 0 Å². The molecule has 0 saturated carbocycles. The molecule has 0 bridgehead atoms. The lowest BCUT2D eigenvalue weighted by molar-refractivity contribution is 0.481. The highest BCUT2D eigenvalue weighted by molar-refractivity contribution is 6.12. The van der Waals surface area contributed by atoms with Crippen LogP contribution < -0.4 is 5.32 Å². The Morgan fingerprint density at radius 3 is 2.60 bits per heavy atom. The second kappa shape index (κ2) is 11.4. The van der Waals surface area contributed by atoms with Gasteiger partial charge in [-0.3, -0.25) is 9.98 Å². The first-order valence-corrected chi connectivity index (χ1v) is 15.9. The molecule has 3 atom stereocenters. The molecule has 0 fully saturated rings. The number of nitrogens with zero attached hydrogens (tertiary/aromatic N) is 3. The number of hydrogen-bond acceptors (Lipinski definition) is 3. The molecule has 4 aliphatic carbocycles. The summed E-state index contributed by atoms with van der Waals surface area (Å²) in [6.07, 6.45) is 34.3. The Morgan fingerprint density at radius 2 is 1.77 bits per heavy atom. The zero-order valence-electron chi connectivity index (χ0n) is 24.5. The third kappa shape index (κ3) is 5.14. The predicted octanol–water partition coefficient (Wildman–Crippen LogP) is 8.72. The van der Waals surface area contributed by atoms with E-state index in [0.29, 0.717) is 0 Å². The second-order valence-electron chi connectivity index (χ2n) is 12.2. The summed E-state index contributed by atoms with van der Waals surface area (Å²) in [4.78, 5) is 10.0. The lowest BCUT2D eigenvalue weighted by Gasteiger charge is -2.48. The summed E-state index contributed by atoms with van der Waals surface area (Å²) in [5.74, 6) is 1.15. The van der Waals surface area contributed by atoms with E-state index in [4.69, 9.17) is 15.3 Å². The standard InChI is InChI=1S/C39H37N4/c1-3-12-26(13-4-1)37-41-38(27-14-5-2-6-15-27)43-39(42-37)31-23-29(22-30(24-31)36-20-11-21-40-36)35-25-28-16-7-8-17-32(28)33-18-9-10-19-34(33)35/h1,3,5,8-12,14-15,17-20,22-23,25,31,37,39H,2,4,6-7,13,16,21,24H2,(H,41,43)/q-1. The van der Waals surface area contributed by atoms with Crippen LogP contribution in [0.25, 0.3) is 27.7 Å². The lowest BCUT2D eigenvalue weighted by atomic mass is 9.80. The second-order valence-corrected chi connectivity index (χ2v) is 12.2. The molecule has 8 rings (SSSR count). The van der Waals surface area contributed by atoms with Gasteiger partial charge in [-0.25, -0.2) is 0 Å². The van der Waals surface area contributed by atoms with Crippen molar-refractivity contribution in [1.29, 1.82) is 0 Å². The van der Waals surface area contributed by atoms with Gasteiger partial charge in [0.1, 0.15) is 5.84 Å². The number of nitrogens with one attached hydrogen (secondary N) is 1. The van der Waals surface area contributed by atoms with Gasteiger partial charge < -0.3 is 10.6 Å². The molecule has 0 aromatic heterocycles. The van der Waals surface area contributed by atoms with E-state index in [2.05, 4.69) is 109 Å². The lowest BCUT2D eigenvalue weighted by Crippen LogP contribution is -2.46. The van der Waals surface area contributed by atoms with Gasteiger partial charge in [0.15, 0.2) is 0 Å². The molecule has 0 amide bonds. The molecule has 214 valence electrons. The van der Waals surface area contributed by atoms with Crippen molar-refractivity contribution < 1.29 is 0 Å². The van der Waals surface area contributed by atoms with E-state index in [1.54, 1.807) is 0 Å². The fourth-order valence-electron chi connectivity index (χ4n) is 7.20. The summed E-state index contributed by atoms with van der Waals surface area (Å²) >= 11 is 0. The SMILES string of the molecule is C1=CCCC(C2N=C(C3=CCCC=C3)NC(C3C=C(c4cc5c(c6ccccc46)C=CCC5)C=C(C4=NCC=C4)C3)[N-]2)=C1. The van der Waals surface area contributed by atoms with E-state index < -0.39 is 0 Å². The number of amidine groups is 1. The molecule has 3 unspecified atom stereocenters. The van der Waals surface area contributed by atoms with Crippen molar-refractivity contribution in [3.8, 4) is 0 Å². The topological polar surface area (TPSA) is 50.9 Å². The van der Waals surface area contributed by atoms with Crippen LogP contribution in [0.3, 0.4) is 0 Å². The Labute approximate surface area is 254 Å². The summed E-state index contributed by atoms with van der Waals surface area (Å²) in [5, 5.41) is 11.9. The minimum absolute atomic E-state index is 0.0861. The van der Waals surface area contributed by atoms with E-state index in [1.807, 2.05) is 0 Å². The van der Waals surface area contributed by atoms with Crippen molar-refractivity contribution in [2.24, 2.45) is 15.9 Å². The van der Waals surface area contributed by atoms with Gasteiger partial charge in [-0.05, 0) is 114 Å². The first-order chi connectivity index (χ1) is 21.3. The third-order valence-corrected chi connectivity index (χ3v) is 9.39. The van der Waals surface area contributed by atoms with Crippen LogP contribution in [0, 0.1) is 5.92 Å². The van der Waals surface area contributed by atoms with Gasteiger partial charge in [0.05, 0.1) is 12.3 Å². The van der Waals surface area contributed by atoms with Crippen molar-refractivity contribution in [2.75, 3.05) is 6.54 Å². The molecule has 43 heavy (non-hydrogen) atoms. The first-order valence-electron chi connectivity index (χ1n) is 15.9. The number of allylic oxidation sites excluding steroid dienone is 10. The zero-order valence-corrected chi connectivity index (χ0v) is 24.5. The highest BCUT2D eigenvalue weighted by Gasteiger charge is 2.28. The third-order valence-electron chi connectivity index (χ3n) is 9.39. The van der Waals surface area contributed by atoms with Crippen LogP contribution in [0.15, 0.2) is 124 Å². The minimum atomic E-state index is -0.159. The Bertz CT molecular complexity index is 1780. The quantitative estimate of drug-likeness (QED) is 0.390. The summed E-state index contributed by atoms with van der Waals surface area (Å²) < 4.78 is 0. The number of hydrogen-bond donors (Lipinski definition) is 1. The van der Waals surface area contributed by atoms with Crippen molar-refractivity contribution >= 4 is 34.0 Å². The van der Waals surface area contributed by atoms with Crippen LogP contribution >= 0.6 is 0 Å². The smallest absolute Gasteiger partial charge is 0.125 e. The highest BCUT2D eigenvalue weighted by Crippen LogP contribution is 2.41. The van der Waals surface area contributed by atoms with Gasteiger partial charge >= 0.3 is 0 Å². The average molecular weight is 562 g/mol.